The van der Waals surface area contributed by atoms with Gasteiger partial charge < -0.3 is 14.4 Å². The lowest BCUT2D eigenvalue weighted by molar-refractivity contribution is -0.00118. The van der Waals surface area contributed by atoms with Crippen LogP contribution in [0.5, 0.6) is 5.75 Å². The first-order chi connectivity index (χ1) is 14.7. The number of amides is 1. The molecule has 0 atom stereocenters. The molecule has 3 heterocycles. The molecule has 2 saturated heterocycles. The molecule has 0 aliphatic carbocycles. The molecule has 0 N–H and O–H groups in total. The molecule has 5 rings (SSSR count). The molecule has 0 radical (unpaired) electrons. The Hall–Kier alpha value is -3.13. The van der Waals surface area contributed by atoms with Gasteiger partial charge in [-0.2, -0.15) is 0 Å². The summed E-state index contributed by atoms with van der Waals surface area (Å²) in [6.45, 7) is 4.12. The van der Waals surface area contributed by atoms with Crippen molar-refractivity contribution in [3.63, 3.8) is 0 Å². The van der Waals surface area contributed by atoms with E-state index in [2.05, 4.69) is 21.3 Å². The summed E-state index contributed by atoms with van der Waals surface area (Å²) in [5.41, 5.74) is 2.31. The highest BCUT2D eigenvalue weighted by Crippen LogP contribution is 2.34. The summed E-state index contributed by atoms with van der Waals surface area (Å²) in [7, 11) is 0. The van der Waals surface area contributed by atoms with Gasteiger partial charge in [-0.25, -0.2) is 9.42 Å². The first-order valence-corrected chi connectivity index (χ1v) is 10.3. The van der Waals surface area contributed by atoms with Crippen LogP contribution in [0.3, 0.4) is 0 Å². The molecule has 8 heteroatoms. The van der Waals surface area contributed by atoms with Crippen molar-refractivity contribution >= 4 is 17.1 Å². The second-order valence-electron chi connectivity index (χ2n) is 7.96. The first-order valence-electron chi connectivity index (χ1n) is 10.3. The van der Waals surface area contributed by atoms with Crippen molar-refractivity contribution in [2.75, 3.05) is 32.8 Å². The minimum Gasteiger partial charge on any atom is -0.492 e. The molecule has 8 nitrogen and oxygen atoms in total. The highest BCUT2D eigenvalue weighted by molar-refractivity contribution is 5.76. The first kappa shape index (κ1) is 18.9. The van der Waals surface area contributed by atoms with Crippen molar-refractivity contribution in [3.8, 4) is 5.75 Å². The molecular formula is C22H24N4O4. The quantitative estimate of drug-likeness (QED) is 0.620. The summed E-state index contributed by atoms with van der Waals surface area (Å²) in [6, 6.07) is 15.6. The monoisotopic (exact) mass is 408 g/mol. The zero-order chi connectivity index (χ0) is 20.4. The largest absolute Gasteiger partial charge is 0.492 e. The summed E-state index contributed by atoms with van der Waals surface area (Å²) in [4.78, 5) is 16.5. The van der Waals surface area contributed by atoms with Crippen LogP contribution in [-0.2, 0) is 11.3 Å². The van der Waals surface area contributed by atoms with E-state index >= 15 is 0 Å². The average Bonchev–Trinajstić information content (AvgIpc) is 3.36. The highest BCUT2D eigenvalue weighted by atomic mass is 16.6. The Morgan fingerprint density at radius 2 is 1.87 bits per heavy atom. The van der Waals surface area contributed by atoms with E-state index in [1.807, 2.05) is 42.5 Å². The Bertz CT molecular complexity index is 1010. The van der Waals surface area contributed by atoms with E-state index in [1.54, 1.807) is 4.90 Å². The van der Waals surface area contributed by atoms with Crippen LogP contribution in [0.15, 0.2) is 53.2 Å². The number of likely N-dealkylation sites (tertiary alicyclic amines) is 1. The number of nitrogens with zero attached hydrogens (tertiary/aromatic N) is 4. The van der Waals surface area contributed by atoms with Gasteiger partial charge >= 0.3 is 6.09 Å². The van der Waals surface area contributed by atoms with E-state index in [4.69, 9.17) is 14.1 Å². The predicted octanol–water partition coefficient (Wildman–Crippen LogP) is 3.09. The SMILES string of the molecule is O=C1OC2(CCN(Cc3cccc4nonc34)CC2)CN1CCOc1ccccc1. The van der Waals surface area contributed by atoms with Gasteiger partial charge in [0.2, 0.25) is 0 Å². The van der Waals surface area contributed by atoms with Gasteiger partial charge in [-0.1, -0.05) is 30.3 Å². The number of hydrogen-bond donors (Lipinski definition) is 0. The molecular weight excluding hydrogens is 384 g/mol. The van der Waals surface area contributed by atoms with Crippen molar-refractivity contribution in [2.24, 2.45) is 0 Å². The third-order valence-electron chi connectivity index (χ3n) is 5.94. The fourth-order valence-electron chi connectivity index (χ4n) is 4.26. The standard InChI is InChI=1S/C22H24N4O4/c27-21-26(13-14-28-18-6-2-1-3-7-18)16-22(29-21)9-11-25(12-10-22)15-17-5-4-8-19-20(17)24-30-23-19/h1-8H,9-16H2. The molecule has 0 saturated carbocycles. The topological polar surface area (TPSA) is 80.9 Å². The maximum atomic E-state index is 12.4. The minimum absolute atomic E-state index is 0.237. The smallest absolute Gasteiger partial charge is 0.410 e. The summed E-state index contributed by atoms with van der Waals surface area (Å²) in [5.74, 6) is 0.811. The van der Waals surface area contributed by atoms with Crippen molar-refractivity contribution < 1.29 is 18.9 Å². The van der Waals surface area contributed by atoms with Crippen LogP contribution in [0, 0.1) is 0 Å². The van der Waals surface area contributed by atoms with Crippen molar-refractivity contribution in [3.05, 3.63) is 54.1 Å². The number of rotatable bonds is 6. The number of benzene rings is 2. The van der Waals surface area contributed by atoms with E-state index in [0.717, 1.165) is 54.8 Å². The molecule has 2 aromatic carbocycles. The molecule has 1 amide bonds. The van der Waals surface area contributed by atoms with Gasteiger partial charge in [0.05, 0.1) is 13.1 Å². The molecule has 0 unspecified atom stereocenters. The van der Waals surface area contributed by atoms with Crippen LogP contribution in [-0.4, -0.2) is 64.6 Å². The lowest BCUT2D eigenvalue weighted by Crippen LogP contribution is -2.46. The zero-order valence-corrected chi connectivity index (χ0v) is 16.7. The van der Waals surface area contributed by atoms with Gasteiger partial charge in [-0.15, -0.1) is 0 Å². The number of para-hydroxylation sites is 1. The number of ether oxygens (including phenoxy) is 2. The van der Waals surface area contributed by atoms with E-state index in [-0.39, 0.29) is 11.7 Å². The Morgan fingerprint density at radius 3 is 2.70 bits per heavy atom. The Morgan fingerprint density at radius 1 is 1.03 bits per heavy atom. The van der Waals surface area contributed by atoms with Gasteiger partial charge in [0.1, 0.15) is 29.0 Å². The van der Waals surface area contributed by atoms with Crippen LogP contribution in [0.1, 0.15) is 18.4 Å². The third-order valence-corrected chi connectivity index (χ3v) is 5.94. The van der Waals surface area contributed by atoms with E-state index in [1.165, 1.54) is 0 Å². The Kier molecular flexibility index (Phi) is 5.00. The fraction of sp³-hybridized carbons (Fsp3) is 0.409. The van der Waals surface area contributed by atoms with Crippen LogP contribution in [0.2, 0.25) is 0 Å². The second kappa shape index (κ2) is 7.95. The van der Waals surface area contributed by atoms with Crippen molar-refractivity contribution in [1.82, 2.24) is 20.1 Å². The number of aromatic nitrogens is 2. The lowest BCUT2D eigenvalue weighted by Gasteiger charge is -2.37. The number of carbonyl (C=O) groups is 1. The number of fused-ring (bicyclic) bond motifs is 1. The number of hydrogen-bond acceptors (Lipinski definition) is 7. The minimum atomic E-state index is -0.387. The predicted molar refractivity (Wildman–Crippen MR) is 109 cm³/mol. The maximum Gasteiger partial charge on any atom is 0.410 e. The van der Waals surface area contributed by atoms with Gasteiger partial charge in [0.15, 0.2) is 0 Å². The van der Waals surface area contributed by atoms with Crippen LogP contribution < -0.4 is 4.74 Å². The molecule has 3 aromatic rings. The van der Waals surface area contributed by atoms with Crippen LogP contribution in [0.4, 0.5) is 4.79 Å². The van der Waals surface area contributed by atoms with E-state index in [0.29, 0.717) is 19.7 Å². The number of piperidine rings is 1. The zero-order valence-electron chi connectivity index (χ0n) is 16.7. The van der Waals surface area contributed by atoms with Gasteiger partial charge in [-0.05, 0) is 34.1 Å². The molecule has 2 fully saturated rings. The van der Waals surface area contributed by atoms with E-state index in [9.17, 15) is 4.79 Å². The maximum absolute atomic E-state index is 12.4. The Balaban J connectivity index is 1.14. The molecule has 1 aromatic heterocycles. The fourth-order valence-corrected chi connectivity index (χ4v) is 4.26. The lowest BCUT2D eigenvalue weighted by atomic mass is 9.91. The molecule has 2 aliphatic rings. The Labute approximate surface area is 174 Å². The van der Waals surface area contributed by atoms with E-state index < -0.39 is 0 Å². The third kappa shape index (κ3) is 3.82. The van der Waals surface area contributed by atoms with Gasteiger partial charge in [0.25, 0.3) is 0 Å². The molecule has 1 spiro atoms. The summed E-state index contributed by atoms with van der Waals surface area (Å²) < 4.78 is 16.4. The normalized spacial score (nSPS) is 18.8. The van der Waals surface area contributed by atoms with Crippen molar-refractivity contribution in [1.29, 1.82) is 0 Å². The summed E-state index contributed by atoms with van der Waals surface area (Å²) in [5, 5.41) is 7.94. The van der Waals surface area contributed by atoms with Gasteiger partial charge in [0, 0.05) is 32.5 Å². The molecule has 30 heavy (non-hydrogen) atoms. The summed E-state index contributed by atoms with van der Waals surface area (Å²) >= 11 is 0. The van der Waals surface area contributed by atoms with Crippen LogP contribution >= 0.6 is 0 Å². The van der Waals surface area contributed by atoms with Crippen LogP contribution in [0.25, 0.3) is 11.0 Å². The average molecular weight is 408 g/mol. The summed E-state index contributed by atoms with van der Waals surface area (Å²) in [6.07, 6.45) is 1.41. The molecule has 0 bridgehead atoms. The number of carbonyl (C=O) groups excluding carboxylic acids is 1. The highest BCUT2D eigenvalue weighted by Gasteiger charge is 2.46. The molecule has 2 aliphatic heterocycles. The van der Waals surface area contributed by atoms with Gasteiger partial charge in [-0.3, -0.25) is 4.90 Å². The van der Waals surface area contributed by atoms with Crippen molar-refractivity contribution in [2.45, 2.75) is 25.0 Å². The second-order valence-corrected chi connectivity index (χ2v) is 7.96. The molecule has 156 valence electrons.